The molecule has 12 saturated carbocycles. The van der Waals surface area contributed by atoms with Crippen LogP contribution in [0.2, 0.25) is 5.02 Å². The number of ether oxygens (including phenoxy) is 3. The molecule has 0 saturated heterocycles. The van der Waals surface area contributed by atoms with Gasteiger partial charge in [-0.1, -0.05) is 114 Å². The maximum Gasteiger partial charge on any atom is 0.337 e. The molecule has 12 aliphatic rings. The number of hydrogen-bond acceptors (Lipinski definition) is 14. The van der Waals surface area contributed by atoms with Crippen LogP contribution in [0.3, 0.4) is 0 Å². The van der Waals surface area contributed by atoms with Crippen molar-refractivity contribution >= 4 is 23.5 Å². The van der Waals surface area contributed by atoms with Crippen molar-refractivity contribution in [3.63, 3.8) is 0 Å². The standard InChI is InChI=1S/C31H46ClNO5.C31H48FNO3.C31H47NO5/c1-5-20-24-15-19(34)8-11-31(24,4)23-9-12-30(3)21(6-7-22(30)26(23)27(20)35)17(2)10-13-38-28-25(32)14-18(16-33-28)29(36)37;1-6-21-25-16-20(34)9-12-31(25,5)24-10-13-30(4)22(7-8-23(30)27(24)28(21)35)19(3)11-14-36-29-26(32)15-18(2)17-33-29;1-5-21-25-16-20(33)10-13-31(25,4)24-11-14-30(3)22(7-8-23(30)27(24)28(21)34)18(2)12-15-37-26-9-6-19(17-32-26)29(35)36/h14,16-17,19-24,26-27,34-35H,5-13,15H2,1-4H3,(H,36,37);15,17,19-25,27-28,34-35H,6-14,16H2,1-5H3;6,9,17-18,20-25,27-28,33-34H,5,7-8,10-16H2,1-4H3,(H,35,36)/t17-,19-,20-,21-,22+,23+,24+,26+,27-,30-,31-;19-,20-,21-,22-,23+,24+,25+,27+,28-,30-,31-;18-,20-,21-,22-,23+,24+,25+,27+,28-,30-,31-/m111/s1. The minimum atomic E-state index is -1.06. The molecule has 15 rings (SSSR count). The van der Waals surface area contributed by atoms with Gasteiger partial charge < -0.3 is 55.1 Å². The number of nitrogens with zero attached hydrogens (tertiary/aromatic N) is 3. The van der Waals surface area contributed by atoms with Crippen LogP contribution in [-0.4, -0.2) is 124 Å². The number of aromatic nitrogens is 3. The topological polar surface area (TPSA) is 262 Å². The van der Waals surface area contributed by atoms with Gasteiger partial charge in [0.1, 0.15) is 5.02 Å². The molecule has 0 spiro atoms. The van der Waals surface area contributed by atoms with E-state index in [0.717, 1.165) is 102 Å². The van der Waals surface area contributed by atoms with Gasteiger partial charge in [-0.25, -0.2) is 28.9 Å². The van der Waals surface area contributed by atoms with Gasteiger partial charge in [-0.15, -0.1) is 0 Å². The van der Waals surface area contributed by atoms with Crippen molar-refractivity contribution in [2.45, 2.75) is 300 Å². The highest BCUT2D eigenvalue weighted by Gasteiger charge is 2.69. The Kier molecular flexibility index (Phi) is 25.7. The Morgan fingerprint density at radius 3 is 1.14 bits per heavy atom. The summed E-state index contributed by atoms with van der Waals surface area (Å²) in [5.41, 5.74) is 2.44. The fraction of sp³-hybridized carbons (Fsp3) is 0.817. The number of carboxylic acids is 2. The minimum Gasteiger partial charge on any atom is -0.478 e. The Hall–Kier alpha value is -4.23. The molecule has 0 bridgehead atoms. The highest BCUT2D eigenvalue weighted by atomic mass is 35.5. The lowest BCUT2D eigenvalue weighted by atomic mass is 9.41. The highest BCUT2D eigenvalue weighted by Crippen LogP contribution is 2.74. The molecule has 33 atom stereocenters. The first-order chi connectivity index (χ1) is 52.7. The normalized spacial score (nSPS) is 43.9. The van der Waals surface area contributed by atoms with Crippen LogP contribution < -0.4 is 14.2 Å². The number of carbonyl (C=O) groups is 2. The third-order valence-corrected chi connectivity index (χ3v) is 36.2. The molecular formula is C93H141ClFN3O13. The third kappa shape index (κ3) is 15.5. The first-order valence-electron chi connectivity index (χ1n) is 44.4. The summed E-state index contributed by atoms with van der Waals surface area (Å²) in [4.78, 5) is 34.6. The molecule has 12 fully saturated rings. The Morgan fingerprint density at radius 1 is 0.450 bits per heavy atom. The van der Waals surface area contributed by atoms with E-state index in [0.29, 0.717) is 144 Å². The number of aliphatic hydroxyl groups is 6. The average Bonchev–Trinajstić information content (AvgIpc) is 1.70. The van der Waals surface area contributed by atoms with Gasteiger partial charge in [0, 0.05) is 24.7 Å². The van der Waals surface area contributed by atoms with E-state index in [9.17, 15) is 44.6 Å². The fourth-order valence-corrected chi connectivity index (χ4v) is 30.5. The lowest BCUT2D eigenvalue weighted by Gasteiger charge is -2.64. The number of carboxylic acid groups (broad SMARTS) is 2. The van der Waals surface area contributed by atoms with Crippen LogP contribution in [0.25, 0.3) is 0 Å². The van der Waals surface area contributed by atoms with Gasteiger partial charge in [-0.3, -0.25) is 0 Å². The summed E-state index contributed by atoms with van der Waals surface area (Å²) in [6.07, 6.45) is 31.8. The van der Waals surface area contributed by atoms with Crippen molar-refractivity contribution in [1.29, 1.82) is 0 Å². The van der Waals surface area contributed by atoms with E-state index in [1.54, 1.807) is 12.3 Å². The molecule has 3 aromatic heterocycles. The van der Waals surface area contributed by atoms with E-state index >= 15 is 0 Å². The molecule has 0 aromatic carbocycles. The van der Waals surface area contributed by atoms with Crippen LogP contribution >= 0.6 is 11.6 Å². The number of pyridine rings is 3. The second kappa shape index (κ2) is 33.6. The maximum atomic E-state index is 14.2. The fourth-order valence-electron chi connectivity index (χ4n) is 30.3. The summed E-state index contributed by atoms with van der Waals surface area (Å²) < 4.78 is 31.7. The van der Waals surface area contributed by atoms with Crippen LogP contribution in [0.5, 0.6) is 17.6 Å². The van der Waals surface area contributed by atoms with Crippen LogP contribution in [0.15, 0.2) is 42.9 Å². The molecule has 0 unspecified atom stereocenters. The zero-order chi connectivity index (χ0) is 79.8. The maximum absolute atomic E-state index is 14.2. The number of hydrogen-bond donors (Lipinski definition) is 8. The molecule has 12 aliphatic carbocycles. The van der Waals surface area contributed by atoms with Crippen LogP contribution in [0, 0.1) is 170 Å². The molecular weight excluding hydrogens is 1420 g/mol. The van der Waals surface area contributed by atoms with Gasteiger partial charge in [-0.05, 0) is 342 Å². The average molecular weight is 1560 g/mol. The highest BCUT2D eigenvalue weighted by molar-refractivity contribution is 6.32. The van der Waals surface area contributed by atoms with Crippen molar-refractivity contribution in [1.82, 2.24) is 15.0 Å². The van der Waals surface area contributed by atoms with Crippen molar-refractivity contribution in [3.8, 4) is 17.6 Å². The molecule has 18 heteroatoms. The molecule has 16 nitrogen and oxygen atoms in total. The Labute approximate surface area is 668 Å². The monoisotopic (exact) mass is 1560 g/mol. The van der Waals surface area contributed by atoms with E-state index in [-0.39, 0.29) is 109 Å². The Balaban J connectivity index is 0.000000146. The predicted molar refractivity (Wildman–Crippen MR) is 429 cm³/mol. The largest absolute Gasteiger partial charge is 0.478 e. The minimum absolute atomic E-state index is 0.0519. The number of rotatable bonds is 20. The summed E-state index contributed by atoms with van der Waals surface area (Å²) in [5, 5.41) is 85.5. The smallest absolute Gasteiger partial charge is 0.337 e. The molecule has 0 amide bonds. The van der Waals surface area contributed by atoms with Crippen LogP contribution in [0.1, 0.15) is 283 Å². The van der Waals surface area contributed by atoms with E-state index < -0.39 is 11.9 Å². The van der Waals surface area contributed by atoms with Crippen LogP contribution in [-0.2, 0) is 0 Å². The lowest BCUT2D eigenvalue weighted by Crippen LogP contribution is -2.62. The zero-order valence-electron chi connectivity index (χ0n) is 69.6. The van der Waals surface area contributed by atoms with E-state index in [2.05, 4.69) is 98.0 Å². The van der Waals surface area contributed by atoms with Gasteiger partial charge >= 0.3 is 11.9 Å². The van der Waals surface area contributed by atoms with Crippen molar-refractivity contribution in [2.24, 2.45) is 157 Å². The van der Waals surface area contributed by atoms with Gasteiger partial charge in [0.05, 0.1) is 67.6 Å². The van der Waals surface area contributed by atoms with Gasteiger partial charge in [0.2, 0.25) is 17.6 Å². The van der Waals surface area contributed by atoms with E-state index in [1.165, 1.54) is 108 Å². The summed E-state index contributed by atoms with van der Waals surface area (Å²) in [6.45, 7) is 32.2. The Morgan fingerprint density at radius 2 is 0.793 bits per heavy atom. The molecule has 0 radical (unpaired) electrons. The second-order valence-corrected chi connectivity index (χ2v) is 40.9. The molecule has 0 aliphatic heterocycles. The number of aliphatic hydroxyl groups excluding tert-OH is 6. The number of fused-ring (bicyclic) bond motifs is 15. The van der Waals surface area contributed by atoms with Crippen molar-refractivity contribution < 1.29 is 69.0 Å². The first-order valence-corrected chi connectivity index (χ1v) is 44.8. The summed E-state index contributed by atoms with van der Waals surface area (Å²) in [6, 6.07) is 6.03. The molecule has 3 heterocycles. The number of aromatic carboxylic acids is 2. The summed E-state index contributed by atoms with van der Waals surface area (Å²) in [5.74, 6) is 8.41. The number of aryl methyl sites for hydroxylation is 1. The SMILES string of the molecule is CC[C@H]1[C@@H](O)[C@@H]2[C@H](CC[C@]3(C)[C@@H]([C@H](C)CCOc4ccc(C(=O)O)cn4)CC[C@@H]23)[C@@]2(C)CC[C@@H](O)C[C@@H]12.CC[C@H]1[C@@H](O)[C@@H]2[C@H](CC[C@]3(C)[C@@H]([C@H](C)CCOc4ncc(C(=O)O)cc4Cl)CC[C@@H]23)[C@@]2(C)CC[C@@H](O)C[C@@H]12.CC[C@H]1[C@@H](O)[C@@H]2[C@H](CC[C@]3(C)[C@@H]([C@H](C)CCOc4ncc(C)cc4F)CC[C@@H]23)[C@@]2(C)CC[C@@H](O)C[C@@H]12. The van der Waals surface area contributed by atoms with Crippen molar-refractivity contribution in [3.05, 3.63) is 70.4 Å². The third-order valence-electron chi connectivity index (χ3n) is 35.9. The second-order valence-electron chi connectivity index (χ2n) is 40.5. The van der Waals surface area contributed by atoms with Gasteiger partial charge in [-0.2, -0.15) is 0 Å². The predicted octanol–water partition coefficient (Wildman–Crippen LogP) is 18.8. The zero-order valence-corrected chi connectivity index (χ0v) is 70.3. The number of halogens is 2. The lowest BCUT2D eigenvalue weighted by molar-refractivity contribution is -0.203. The first kappa shape index (κ1) is 84.7. The molecule has 620 valence electrons. The molecule has 8 N–H and O–H groups in total. The van der Waals surface area contributed by atoms with E-state index in [4.69, 9.17) is 36.0 Å². The van der Waals surface area contributed by atoms with Crippen LogP contribution in [0.4, 0.5) is 4.39 Å². The molecule has 111 heavy (non-hydrogen) atoms. The molecule has 3 aromatic rings. The quantitative estimate of drug-likeness (QED) is 0.0523. The Bertz CT molecular complexity index is 3690. The summed E-state index contributed by atoms with van der Waals surface area (Å²) >= 11 is 6.21. The van der Waals surface area contributed by atoms with Gasteiger partial charge in [0.15, 0.2) is 5.82 Å². The summed E-state index contributed by atoms with van der Waals surface area (Å²) in [7, 11) is 0. The van der Waals surface area contributed by atoms with Gasteiger partial charge in [0.25, 0.3) is 0 Å². The van der Waals surface area contributed by atoms with E-state index in [1.807, 2.05) is 6.92 Å². The van der Waals surface area contributed by atoms with Crippen molar-refractivity contribution in [2.75, 3.05) is 19.8 Å².